The largest absolute Gasteiger partial charge is 0.374 e. The zero-order chi connectivity index (χ0) is 11.4. The van der Waals surface area contributed by atoms with E-state index in [0.717, 1.165) is 11.8 Å². The molecule has 2 nitrogen and oxygen atoms in total. The Morgan fingerprint density at radius 2 is 1.94 bits per heavy atom. The molecule has 1 atom stereocenters. The van der Waals surface area contributed by atoms with Crippen LogP contribution in [0.5, 0.6) is 0 Å². The molecular weight excluding hydrogens is 200 g/mol. The minimum absolute atomic E-state index is 0.356. The summed E-state index contributed by atoms with van der Waals surface area (Å²) in [5, 5.41) is 2.38. The van der Waals surface area contributed by atoms with Gasteiger partial charge in [-0.05, 0) is 16.3 Å². The van der Waals surface area contributed by atoms with Crippen molar-refractivity contribution in [2.75, 3.05) is 7.11 Å². The molecule has 0 radical (unpaired) electrons. The molecular formula is C14H14O2. The Labute approximate surface area is 94.8 Å². The first kappa shape index (κ1) is 10.8. The first-order valence-electron chi connectivity index (χ1n) is 5.30. The fraction of sp³-hybridized carbons (Fsp3) is 0.214. The molecule has 0 spiro atoms. The molecule has 0 fully saturated rings. The van der Waals surface area contributed by atoms with Gasteiger partial charge in [0.05, 0.1) is 0 Å². The Hall–Kier alpha value is -1.67. The first-order chi connectivity index (χ1) is 7.85. The van der Waals surface area contributed by atoms with Crippen LogP contribution in [0.1, 0.15) is 5.56 Å². The van der Waals surface area contributed by atoms with Gasteiger partial charge in [0.2, 0.25) is 0 Å². The third kappa shape index (κ3) is 2.12. The van der Waals surface area contributed by atoms with Gasteiger partial charge >= 0.3 is 0 Å². The van der Waals surface area contributed by atoms with Crippen LogP contribution in [0.2, 0.25) is 0 Å². The van der Waals surface area contributed by atoms with E-state index in [1.807, 2.05) is 24.3 Å². The second-order valence-corrected chi connectivity index (χ2v) is 3.75. The number of benzene rings is 2. The lowest BCUT2D eigenvalue weighted by Crippen LogP contribution is -2.15. The maximum Gasteiger partial charge on any atom is 0.149 e. The molecule has 0 saturated carbocycles. The Balaban J connectivity index is 2.40. The molecule has 0 amide bonds. The van der Waals surface area contributed by atoms with Crippen molar-refractivity contribution in [3.05, 3.63) is 48.0 Å². The van der Waals surface area contributed by atoms with Crippen LogP contribution in [0.4, 0.5) is 0 Å². The van der Waals surface area contributed by atoms with Gasteiger partial charge in [-0.1, -0.05) is 42.5 Å². The van der Waals surface area contributed by atoms with Gasteiger partial charge in [0.25, 0.3) is 0 Å². The highest BCUT2D eigenvalue weighted by Crippen LogP contribution is 2.19. The minimum Gasteiger partial charge on any atom is -0.374 e. The molecule has 0 aliphatic carbocycles. The summed E-state index contributed by atoms with van der Waals surface area (Å²) >= 11 is 0. The zero-order valence-electron chi connectivity index (χ0n) is 9.22. The summed E-state index contributed by atoms with van der Waals surface area (Å²) in [7, 11) is 1.56. The quantitative estimate of drug-likeness (QED) is 0.731. The summed E-state index contributed by atoms with van der Waals surface area (Å²) in [5.74, 6) is 0. The van der Waals surface area contributed by atoms with E-state index in [1.54, 1.807) is 7.11 Å². The van der Waals surface area contributed by atoms with Crippen molar-refractivity contribution >= 4 is 17.1 Å². The van der Waals surface area contributed by atoms with E-state index < -0.39 is 0 Å². The normalized spacial score (nSPS) is 12.6. The summed E-state index contributed by atoms with van der Waals surface area (Å²) in [4.78, 5) is 10.8. The number of ether oxygens (including phenoxy) is 1. The summed E-state index contributed by atoms with van der Waals surface area (Å²) in [5.41, 5.74) is 1.15. The van der Waals surface area contributed by atoms with Crippen LogP contribution in [0.3, 0.4) is 0 Å². The number of carbonyl (C=O) groups is 1. The summed E-state index contributed by atoms with van der Waals surface area (Å²) < 4.78 is 5.08. The lowest BCUT2D eigenvalue weighted by atomic mass is 10.0. The SMILES string of the molecule is COC(C=O)Cc1cccc2ccccc12. The Bertz CT molecular complexity index is 486. The van der Waals surface area contributed by atoms with E-state index in [9.17, 15) is 4.79 Å². The monoisotopic (exact) mass is 214 g/mol. The van der Waals surface area contributed by atoms with Crippen molar-refractivity contribution < 1.29 is 9.53 Å². The molecule has 0 bridgehead atoms. The average molecular weight is 214 g/mol. The van der Waals surface area contributed by atoms with Gasteiger partial charge in [0, 0.05) is 13.5 Å². The third-order valence-electron chi connectivity index (χ3n) is 2.76. The zero-order valence-corrected chi connectivity index (χ0v) is 9.22. The van der Waals surface area contributed by atoms with Gasteiger partial charge in [0.15, 0.2) is 0 Å². The highest BCUT2D eigenvalue weighted by Gasteiger charge is 2.08. The van der Waals surface area contributed by atoms with Crippen LogP contribution >= 0.6 is 0 Å². The Morgan fingerprint density at radius 3 is 2.69 bits per heavy atom. The Kier molecular flexibility index (Phi) is 3.32. The van der Waals surface area contributed by atoms with Crippen molar-refractivity contribution in [3.63, 3.8) is 0 Å². The molecule has 2 aromatic rings. The van der Waals surface area contributed by atoms with E-state index in [4.69, 9.17) is 4.74 Å². The molecule has 0 saturated heterocycles. The lowest BCUT2D eigenvalue weighted by molar-refractivity contribution is -0.116. The molecule has 1 unspecified atom stereocenters. The van der Waals surface area contributed by atoms with Crippen LogP contribution in [0.15, 0.2) is 42.5 Å². The number of methoxy groups -OCH3 is 1. The summed E-state index contributed by atoms with van der Waals surface area (Å²) in [6, 6.07) is 14.3. The van der Waals surface area contributed by atoms with Gasteiger partial charge in [-0.3, -0.25) is 0 Å². The number of fused-ring (bicyclic) bond motifs is 1. The van der Waals surface area contributed by atoms with Crippen molar-refractivity contribution in [3.8, 4) is 0 Å². The van der Waals surface area contributed by atoms with Crippen molar-refractivity contribution in [2.24, 2.45) is 0 Å². The predicted molar refractivity (Wildman–Crippen MR) is 64.5 cm³/mol. The minimum atomic E-state index is -0.356. The van der Waals surface area contributed by atoms with Gasteiger partial charge in [-0.2, -0.15) is 0 Å². The van der Waals surface area contributed by atoms with Crippen LogP contribution in [-0.2, 0) is 16.0 Å². The lowest BCUT2D eigenvalue weighted by Gasteiger charge is -2.10. The van der Waals surface area contributed by atoms with Crippen molar-refractivity contribution in [1.82, 2.24) is 0 Å². The number of hydrogen-bond acceptors (Lipinski definition) is 2. The second-order valence-electron chi connectivity index (χ2n) is 3.75. The van der Waals surface area contributed by atoms with Crippen LogP contribution in [-0.4, -0.2) is 19.5 Å². The average Bonchev–Trinajstić information content (AvgIpc) is 2.36. The number of rotatable bonds is 4. The van der Waals surface area contributed by atoms with Gasteiger partial charge in [-0.15, -0.1) is 0 Å². The van der Waals surface area contributed by atoms with Crippen LogP contribution in [0.25, 0.3) is 10.8 Å². The van der Waals surface area contributed by atoms with Crippen LogP contribution in [0, 0.1) is 0 Å². The molecule has 0 aromatic heterocycles. The first-order valence-corrected chi connectivity index (χ1v) is 5.30. The smallest absolute Gasteiger partial charge is 0.149 e. The molecule has 82 valence electrons. The van der Waals surface area contributed by atoms with E-state index in [2.05, 4.69) is 18.2 Å². The van der Waals surface area contributed by atoms with E-state index >= 15 is 0 Å². The molecule has 0 N–H and O–H groups in total. The molecule has 0 heterocycles. The van der Waals surface area contributed by atoms with E-state index in [-0.39, 0.29) is 6.10 Å². The standard InChI is InChI=1S/C14H14O2/c1-16-13(10-15)9-12-7-4-6-11-5-2-3-8-14(11)12/h2-8,10,13H,9H2,1H3. The topological polar surface area (TPSA) is 26.3 Å². The molecule has 0 aliphatic rings. The molecule has 0 aliphatic heterocycles. The summed E-state index contributed by atoms with van der Waals surface area (Å²) in [6.45, 7) is 0. The predicted octanol–water partition coefficient (Wildman–Crippen LogP) is 2.60. The molecule has 16 heavy (non-hydrogen) atoms. The Morgan fingerprint density at radius 1 is 1.19 bits per heavy atom. The highest BCUT2D eigenvalue weighted by molar-refractivity contribution is 5.86. The molecule has 2 aromatic carbocycles. The molecule has 2 rings (SSSR count). The van der Waals surface area contributed by atoms with Gasteiger partial charge in [-0.25, -0.2) is 0 Å². The van der Waals surface area contributed by atoms with Crippen molar-refractivity contribution in [1.29, 1.82) is 0 Å². The fourth-order valence-corrected chi connectivity index (χ4v) is 1.87. The van der Waals surface area contributed by atoms with Gasteiger partial charge < -0.3 is 9.53 Å². The highest BCUT2D eigenvalue weighted by atomic mass is 16.5. The summed E-state index contributed by atoms with van der Waals surface area (Å²) in [6.07, 6.45) is 1.12. The molecule has 2 heteroatoms. The van der Waals surface area contributed by atoms with E-state index in [1.165, 1.54) is 10.8 Å². The van der Waals surface area contributed by atoms with Gasteiger partial charge in [0.1, 0.15) is 12.4 Å². The van der Waals surface area contributed by atoms with Crippen LogP contribution < -0.4 is 0 Å². The van der Waals surface area contributed by atoms with Crippen molar-refractivity contribution in [2.45, 2.75) is 12.5 Å². The van der Waals surface area contributed by atoms with E-state index in [0.29, 0.717) is 6.42 Å². The number of hydrogen-bond donors (Lipinski definition) is 0. The maximum atomic E-state index is 10.8. The second kappa shape index (κ2) is 4.90. The number of aldehydes is 1. The maximum absolute atomic E-state index is 10.8. The number of carbonyl (C=O) groups excluding carboxylic acids is 1. The fourth-order valence-electron chi connectivity index (χ4n) is 1.87. The third-order valence-corrected chi connectivity index (χ3v) is 2.76.